The third kappa shape index (κ3) is 4.55. The van der Waals surface area contributed by atoms with Gasteiger partial charge in [0.2, 0.25) is 0 Å². The van der Waals surface area contributed by atoms with Crippen molar-refractivity contribution in [1.82, 2.24) is 4.98 Å². The van der Waals surface area contributed by atoms with Crippen LogP contribution in [0.3, 0.4) is 0 Å². The second-order valence-electron chi connectivity index (χ2n) is 5.65. The van der Waals surface area contributed by atoms with Crippen LogP contribution < -0.4 is 4.90 Å². The summed E-state index contributed by atoms with van der Waals surface area (Å²) >= 11 is 1.65. The average Bonchev–Trinajstić information content (AvgIpc) is 2.96. The van der Waals surface area contributed by atoms with Crippen molar-refractivity contribution in [3.63, 3.8) is 0 Å². The molecule has 0 aliphatic rings. The van der Waals surface area contributed by atoms with Crippen LogP contribution in [0.15, 0.2) is 35.7 Å². The standard InChI is InChI=1S/C17H24N2OS/c1-4-13(2)11-19(3)17-18-15(12-21-17)10-16(20)14-8-6-5-7-9-14/h5-9,12-13,16,20H,4,10-11H2,1-3H3. The molecule has 1 aromatic carbocycles. The molecule has 0 saturated heterocycles. The van der Waals surface area contributed by atoms with Crippen LogP contribution >= 0.6 is 11.3 Å². The monoisotopic (exact) mass is 304 g/mol. The first-order valence-corrected chi connectivity index (χ1v) is 8.36. The highest BCUT2D eigenvalue weighted by Crippen LogP contribution is 2.24. The normalized spacial score (nSPS) is 13.9. The Balaban J connectivity index is 1.97. The van der Waals surface area contributed by atoms with Crippen LogP contribution in [0.1, 0.15) is 37.6 Å². The van der Waals surface area contributed by atoms with E-state index in [1.165, 1.54) is 6.42 Å². The van der Waals surface area contributed by atoms with Crippen molar-refractivity contribution < 1.29 is 5.11 Å². The Morgan fingerprint density at radius 2 is 2.00 bits per heavy atom. The van der Waals surface area contributed by atoms with E-state index in [2.05, 4.69) is 36.2 Å². The Hall–Kier alpha value is -1.39. The van der Waals surface area contributed by atoms with E-state index < -0.39 is 6.10 Å². The smallest absolute Gasteiger partial charge is 0.185 e. The average molecular weight is 304 g/mol. The molecule has 2 aromatic rings. The number of nitrogens with zero attached hydrogens (tertiary/aromatic N) is 2. The van der Waals surface area contributed by atoms with Gasteiger partial charge in [-0.3, -0.25) is 0 Å². The van der Waals surface area contributed by atoms with Gasteiger partial charge in [0.05, 0.1) is 11.8 Å². The Labute approximate surface area is 131 Å². The van der Waals surface area contributed by atoms with Crippen molar-refractivity contribution >= 4 is 16.5 Å². The molecule has 0 amide bonds. The summed E-state index contributed by atoms with van der Waals surface area (Å²) in [6.45, 7) is 5.48. The highest BCUT2D eigenvalue weighted by atomic mass is 32.1. The quantitative estimate of drug-likeness (QED) is 0.842. The predicted octanol–water partition coefficient (Wildman–Crippen LogP) is 3.90. The van der Waals surface area contributed by atoms with E-state index in [9.17, 15) is 5.11 Å². The van der Waals surface area contributed by atoms with E-state index in [0.717, 1.165) is 22.9 Å². The highest BCUT2D eigenvalue weighted by molar-refractivity contribution is 7.13. The number of hydrogen-bond acceptors (Lipinski definition) is 4. The van der Waals surface area contributed by atoms with E-state index in [-0.39, 0.29) is 0 Å². The van der Waals surface area contributed by atoms with Crippen molar-refractivity contribution in [2.75, 3.05) is 18.5 Å². The fourth-order valence-corrected chi connectivity index (χ4v) is 3.05. The predicted molar refractivity (Wildman–Crippen MR) is 89.9 cm³/mol. The third-order valence-corrected chi connectivity index (χ3v) is 4.74. The molecule has 0 bridgehead atoms. The minimum atomic E-state index is -0.485. The molecule has 1 aromatic heterocycles. The van der Waals surface area contributed by atoms with Crippen molar-refractivity contribution in [3.05, 3.63) is 47.0 Å². The summed E-state index contributed by atoms with van der Waals surface area (Å²) in [5.41, 5.74) is 1.90. The molecular formula is C17H24N2OS. The lowest BCUT2D eigenvalue weighted by Gasteiger charge is -2.19. The lowest BCUT2D eigenvalue weighted by molar-refractivity contribution is 0.177. The van der Waals surface area contributed by atoms with Crippen LogP contribution in [0.25, 0.3) is 0 Å². The van der Waals surface area contributed by atoms with Gasteiger partial charge < -0.3 is 10.0 Å². The minimum Gasteiger partial charge on any atom is -0.388 e. The molecule has 2 unspecified atom stereocenters. The topological polar surface area (TPSA) is 36.4 Å². The molecule has 1 N–H and O–H groups in total. The van der Waals surface area contributed by atoms with Crippen LogP contribution in [0.4, 0.5) is 5.13 Å². The van der Waals surface area contributed by atoms with Crippen LogP contribution in [-0.2, 0) is 6.42 Å². The fourth-order valence-electron chi connectivity index (χ4n) is 2.23. The van der Waals surface area contributed by atoms with Gasteiger partial charge in [0.25, 0.3) is 0 Å². The van der Waals surface area contributed by atoms with Gasteiger partial charge in [-0.1, -0.05) is 50.6 Å². The maximum Gasteiger partial charge on any atom is 0.185 e. The van der Waals surface area contributed by atoms with E-state index in [1.807, 2.05) is 30.3 Å². The first kappa shape index (κ1) is 16.0. The Bertz CT molecular complexity index is 541. The van der Waals surface area contributed by atoms with Gasteiger partial charge in [-0.05, 0) is 11.5 Å². The number of aliphatic hydroxyl groups excluding tert-OH is 1. The summed E-state index contributed by atoms with van der Waals surface area (Å²) in [5, 5.41) is 13.3. The Morgan fingerprint density at radius 3 is 2.67 bits per heavy atom. The van der Waals surface area contributed by atoms with Crippen molar-refractivity contribution in [3.8, 4) is 0 Å². The van der Waals surface area contributed by atoms with E-state index in [0.29, 0.717) is 12.3 Å². The van der Waals surface area contributed by atoms with Crippen LogP contribution in [0, 0.1) is 5.92 Å². The molecule has 0 spiro atoms. The molecule has 3 nitrogen and oxygen atoms in total. The van der Waals surface area contributed by atoms with Gasteiger partial charge >= 0.3 is 0 Å². The summed E-state index contributed by atoms with van der Waals surface area (Å²) in [6, 6.07) is 9.76. The molecule has 0 saturated carbocycles. The Kier molecular flexibility index (Phi) is 5.76. The van der Waals surface area contributed by atoms with E-state index >= 15 is 0 Å². The van der Waals surface area contributed by atoms with Gasteiger partial charge in [0.15, 0.2) is 5.13 Å². The SMILES string of the molecule is CCC(C)CN(C)c1nc(CC(O)c2ccccc2)cs1. The van der Waals surface area contributed by atoms with Gasteiger partial charge in [-0.15, -0.1) is 11.3 Å². The number of thiazole rings is 1. The Morgan fingerprint density at radius 1 is 1.29 bits per heavy atom. The third-order valence-electron chi connectivity index (χ3n) is 3.74. The maximum absolute atomic E-state index is 10.3. The van der Waals surface area contributed by atoms with Gasteiger partial charge in [0.1, 0.15) is 0 Å². The maximum atomic E-state index is 10.3. The second-order valence-corrected chi connectivity index (χ2v) is 6.48. The zero-order valence-corrected chi connectivity index (χ0v) is 13.8. The van der Waals surface area contributed by atoms with E-state index in [1.54, 1.807) is 11.3 Å². The number of rotatable bonds is 7. The number of hydrogen-bond donors (Lipinski definition) is 1. The lowest BCUT2D eigenvalue weighted by atomic mass is 10.1. The van der Waals surface area contributed by atoms with Crippen LogP contribution in [0.2, 0.25) is 0 Å². The minimum absolute atomic E-state index is 0.485. The van der Waals surface area contributed by atoms with Gasteiger partial charge in [0, 0.05) is 25.4 Å². The molecule has 0 aliphatic heterocycles. The molecule has 2 atom stereocenters. The second kappa shape index (κ2) is 7.57. The fraction of sp³-hybridized carbons (Fsp3) is 0.471. The van der Waals surface area contributed by atoms with Crippen LogP contribution in [-0.4, -0.2) is 23.7 Å². The van der Waals surface area contributed by atoms with Crippen LogP contribution in [0.5, 0.6) is 0 Å². The summed E-state index contributed by atoms with van der Waals surface area (Å²) in [5.74, 6) is 0.664. The lowest BCUT2D eigenvalue weighted by Crippen LogP contribution is -2.23. The molecular weight excluding hydrogens is 280 g/mol. The zero-order chi connectivity index (χ0) is 15.2. The van der Waals surface area contributed by atoms with Gasteiger partial charge in [-0.25, -0.2) is 4.98 Å². The van der Waals surface area contributed by atoms with Crippen molar-refractivity contribution in [1.29, 1.82) is 0 Å². The number of aliphatic hydroxyl groups is 1. The molecule has 2 rings (SSSR count). The van der Waals surface area contributed by atoms with Crippen molar-refractivity contribution in [2.45, 2.75) is 32.8 Å². The van der Waals surface area contributed by atoms with E-state index in [4.69, 9.17) is 0 Å². The number of aromatic nitrogens is 1. The highest BCUT2D eigenvalue weighted by Gasteiger charge is 2.13. The molecule has 1 heterocycles. The van der Waals surface area contributed by atoms with Crippen molar-refractivity contribution in [2.24, 2.45) is 5.92 Å². The molecule has 21 heavy (non-hydrogen) atoms. The molecule has 0 aliphatic carbocycles. The molecule has 114 valence electrons. The zero-order valence-electron chi connectivity index (χ0n) is 13.0. The number of benzene rings is 1. The molecule has 4 heteroatoms. The number of anilines is 1. The van der Waals surface area contributed by atoms with Gasteiger partial charge in [-0.2, -0.15) is 0 Å². The largest absolute Gasteiger partial charge is 0.388 e. The molecule has 0 fully saturated rings. The summed E-state index contributed by atoms with van der Waals surface area (Å²) in [6.07, 6.45) is 1.26. The summed E-state index contributed by atoms with van der Waals surface area (Å²) < 4.78 is 0. The summed E-state index contributed by atoms with van der Waals surface area (Å²) in [4.78, 5) is 6.85. The first-order valence-electron chi connectivity index (χ1n) is 7.48. The molecule has 0 radical (unpaired) electrons. The first-order chi connectivity index (χ1) is 10.1. The summed E-state index contributed by atoms with van der Waals surface area (Å²) in [7, 11) is 2.09.